The molecule has 6 rings (SSSR count). The lowest BCUT2D eigenvalue weighted by molar-refractivity contribution is -0.146. The standard InChI is InChI=1S/C30H31ClN6O11P2/c1-17(29(40)44-14-18-8-3-2-4-9-18)36-49(41,47-21-13-7-11-19-10-5-6-12-20(19)21)48-50(42,43)45-15-22-24(38)25(39)28(46-22)37-27-23(35-30(37)31)26(32)33-16-34-27/h2-13,16-17,22,24-25,28,38-39H,14-15H2,1H3,(H,36,41)(H,42,43)(H2,32,33,34)/t17-,22+,24?,25-,28+,49?/m0/s1. The first kappa shape index (κ1) is 35.8. The van der Waals surface area contributed by atoms with Crippen molar-refractivity contribution in [2.45, 2.75) is 44.1 Å². The van der Waals surface area contributed by atoms with Crippen LogP contribution in [0, 0.1) is 0 Å². The summed E-state index contributed by atoms with van der Waals surface area (Å²) in [7, 11) is -10.3. The van der Waals surface area contributed by atoms with Crippen molar-refractivity contribution in [3.05, 3.63) is 90.0 Å². The average Bonchev–Trinajstić information content (AvgIpc) is 3.57. The second-order valence-corrected chi connectivity index (χ2v) is 14.7. The van der Waals surface area contributed by atoms with Gasteiger partial charge in [-0.3, -0.25) is 13.9 Å². The summed E-state index contributed by atoms with van der Waals surface area (Å²) in [5, 5.41) is 24.9. The maximum Gasteiger partial charge on any atom is 0.481 e. The highest BCUT2D eigenvalue weighted by atomic mass is 35.5. The number of nitrogens with two attached hydrogens (primary N) is 1. The number of imidazole rings is 1. The van der Waals surface area contributed by atoms with E-state index >= 15 is 0 Å². The molecule has 1 aliphatic rings. The number of rotatable bonds is 13. The van der Waals surface area contributed by atoms with Crippen LogP contribution in [0.2, 0.25) is 5.28 Å². The molecule has 50 heavy (non-hydrogen) atoms. The molecule has 6 N–H and O–H groups in total. The summed E-state index contributed by atoms with van der Waals surface area (Å²) in [5.41, 5.74) is 6.73. The predicted molar refractivity (Wildman–Crippen MR) is 179 cm³/mol. The smallest absolute Gasteiger partial charge is 0.460 e. The first-order valence-electron chi connectivity index (χ1n) is 14.9. The van der Waals surface area contributed by atoms with Gasteiger partial charge in [-0.1, -0.05) is 66.7 Å². The molecule has 2 aromatic heterocycles. The van der Waals surface area contributed by atoms with Crippen molar-refractivity contribution in [3.63, 3.8) is 0 Å². The van der Waals surface area contributed by atoms with E-state index in [2.05, 4.69) is 20.0 Å². The zero-order valence-corrected chi connectivity index (χ0v) is 28.6. The fourth-order valence-electron chi connectivity index (χ4n) is 5.15. The Morgan fingerprint density at radius 2 is 1.78 bits per heavy atom. The summed E-state index contributed by atoms with van der Waals surface area (Å²) in [6.45, 7) is 0.346. The molecule has 1 saturated heterocycles. The number of aromatic nitrogens is 4. The van der Waals surface area contributed by atoms with E-state index in [1.54, 1.807) is 66.7 Å². The van der Waals surface area contributed by atoms with Crippen LogP contribution in [-0.4, -0.2) is 71.6 Å². The number of carbonyl (C=O) groups is 1. The number of aliphatic hydroxyl groups is 2. The molecule has 17 nitrogen and oxygen atoms in total. The fourth-order valence-corrected chi connectivity index (χ4v) is 8.39. The van der Waals surface area contributed by atoms with E-state index in [0.29, 0.717) is 16.3 Å². The number of nitrogens with one attached hydrogen (secondary N) is 1. The molecule has 1 fully saturated rings. The van der Waals surface area contributed by atoms with Gasteiger partial charge in [0, 0.05) is 5.39 Å². The minimum atomic E-state index is -5.35. The Hall–Kier alpha value is -3.99. The van der Waals surface area contributed by atoms with Gasteiger partial charge in [-0.25, -0.2) is 24.1 Å². The maximum absolute atomic E-state index is 14.2. The predicted octanol–water partition coefficient (Wildman–Crippen LogP) is 3.88. The minimum absolute atomic E-state index is 0.00168. The molecule has 0 amide bonds. The number of nitrogens with zero attached hydrogens (tertiary/aromatic N) is 4. The van der Waals surface area contributed by atoms with E-state index in [9.17, 15) is 29.0 Å². The maximum atomic E-state index is 14.2. The Balaban J connectivity index is 1.19. The normalized spacial score (nSPS) is 22.2. The number of carbonyl (C=O) groups excluding carboxylic acids is 1. The lowest BCUT2D eigenvalue weighted by Crippen LogP contribution is -2.35. The van der Waals surface area contributed by atoms with Crippen LogP contribution >= 0.6 is 27.2 Å². The number of benzene rings is 3. The van der Waals surface area contributed by atoms with Crippen molar-refractivity contribution >= 4 is 60.9 Å². The van der Waals surface area contributed by atoms with E-state index in [-0.39, 0.29) is 34.6 Å². The second kappa shape index (κ2) is 14.7. The molecule has 5 aromatic rings. The number of fused-ring (bicyclic) bond motifs is 2. The van der Waals surface area contributed by atoms with Crippen molar-refractivity contribution in [1.29, 1.82) is 0 Å². The molecule has 0 radical (unpaired) electrons. The molecule has 0 bridgehead atoms. The first-order valence-corrected chi connectivity index (χ1v) is 18.4. The van der Waals surface area contributed by atoms with Gasteiger partial charge in [0.25, 0.3) is 0 Å². The molecule has 3 aromatic carbocycles. The van der Waals surface area contributed by atoms with Crippen molar-refractivity contribution in [1.82, 2.24) is 24.6 Å². The summed E-state index contributed by atoms with van der Waals surface area (Å²) >= 11 is 6.26. The number of hydrogen-bond donors (Lipinski definition) is 5. The largest absolute Gasteiger partial charge is 0.481 e. The van der Waals surface area contributed by atoms with Gasteiger partial charge in [0.1, 0.15) is 43.0 Å². The van der Waals surface area contributed by atoms with Crippen LogP contribution in [0.15, 0.2) is 79.1 Å². The lowest BCUT2D eigenvalue weighted by atomic mass is 10.1. The number of phosphoric acid groups is 1. The number of ether oxygens (including phenoxy) is 2. The number of anilines is 1. The first-order chi connectivity index (χ1) is 23.8. The Kier molecular flexibility index (Phi) is 10.5. The minimum Gasteiger partial charge on any atom is -0.460 e. The van der Waals surface area contributed by atoms with Crippen molar-refractivity contribution < 1.29 is 51.9 Å². The van der Waals surface area contributed by atoms with Gasteiger partial charge in [0.15, 0.2) is 23.2 Å². The van der Waals surface area contributed by atoms with Gasteiger partial charge in [0.2, 0.25) is 5.28 Å². The summed E-state index contributed by atoms with van der Waals surface area (Å²) < 4.78 is 55.6. The Labute approximate surface area is 289 Å². The van der Waals surface area contributed by atoms with Crippen LogP contribution < -0.4 is 15.3 Å². The van der Waals surface area contributed by atoms with E-state index in [1.165, 1.54) is 13.0 Å². The Morgan fingerprint density at radius 1 is 1.06 bits per heavy atom. The lowest BCUT2D eigenvalue weighted by Gasteiger charge is -2.25. The van der Waals surface area contributed by atoms with Crippen molar-refractivity contribution in [3.8, 4) is 5.75 Å². The number of phosphoric ester groups is 1. The van der Waals surface area contributed by atoms with E-state index in [1.807, 2.05) is 0 Å². The van der Waals surface area contributed by atoms with Crippen LogP contribution in [0.4, 0.5) is 5.82 Å². The molecule has 0 saturated carbocycles. The molecule has 1 aliphatic heterocycles. The summed E-state index contributed by atoms with van der Waals surface area (Å²) in [6.07, 6.45) is -5.00. The van der Waals surface area contributed by atoms with Gasteiger partial charge in [-0.2, -0.15) is 9.40 Å². The van der Waals surface area contributed by atoms with Crippen LogP contribution in [-0.2, 0) is 38.8 Å². The fraction of sp³-hybridized carbons (Fsp3) is 0.267. The molecular weight excluding hydrogens is 718 g/mol. The topological polar surface area (TPSA) is 240 Å². The molecule has 20 heteroatoms. The van der Waals surface area contributed by atoms with Crippen molar-refractivity contribution in [2.75, 3.05) is 12.3 Å². The molecule has 0 spiro atoms. The van der Waals surface area contributed by atoms with Crippen LogP contribution in [0.5, 0.6) is 5.75 Å². The molecule has 7 atom stereocenters. The van der Waals surface area contributed by atoms with E-state index < -0.39 is 58.7 Å². The third-order valence-electron chi connectivity index (χ3n) is 7.56. The molecule has 0 aliphatic carbocycles. The number of hydrogen-bond acceptors (Lipinski definition) is 14. The number of aliphatic hydroxyl groups excluding tert-OH is 2. The Bertz CT molecular complexity index is 2100. The van der Waals surface area contributed by atoms with Gasteiger partial charge < -0.3 is 34.8 Å². The Morgan fingerprint density at radius 3 is 2.56 bits per heavy atom. The number of halogens is 1. The summed E-state index contributed by atoms with van der Waals surface area (Å²) in [5.74, 6) is -0.865. The van der Waals surface area contributed by atoms with Crippen LogP contribution in [0.1, 0.15) is 18.7 Å². The van der Waals surface area contributed by atoms with Gasteiger partial charge in [0.05, 0.1) is 6.61 Å². The third kappa shape index (κ3) is 7.82. The third-order valence-corrected chi connectivity index (χ3v) is 11.1. The monoisotopic (exact) mass is 748 g/mol. The van der Waals surface area contributed by atoms with Gasteiger partial charge in [-0.15, -0.1) is 0 Å². The van der Waals surface area contributed by atoms with Gasteiger partial charge >= 0.3 is 21.5 Å². The zero-order chi connectivity index (χ0) is 35.6. The van der Waals surface area contributed by atoms with Crippen LogP contribution in [0.25, 0.3) is 21.9 Å². The van der Waals surface area contributed by atoms with E-state index in [4.69, 9.17) is 40.2 Å². The average molecular weight is 749 g/mol. The highest BCUT2D eigenvalue weighted by molar-refractivity contribution is 7.63. The summed E-state index contributed by atoms with van der Waals surface area (Å²) in [4.78, 5) is 35.6. The summed E-state index contributed by atoms with van der Waals surface area (Å²) in [6, 6.07) is 19.2. The van der Waals surface area contributed by atoms with Crippen LogP contribution in [0.3, 0.4) is 0 Å². The quantitative estimate of drug-likeness (QED) is 0.0652. The molecule has 264 valence electrons. The van der Waals surface area contributed by atoms with Crippen molar-refractivity contribution in [2.24, 2.45) is 0 Å². The SMILES string of the molecule is C[C@H](NP(=O)(Oc1cccc2ccccc12)OP(=O)(O)OC[C@H]1O[C@@H](n2c(Cl)nc3c(N)ncnc32)[C@@H](O)C1O)C(=O)OCc1ccccc1. The number of esters is 1. The van der Waals surface area contributed by atoms with Gasteiger partial charge in [-0.05, 0) is 35.5 Å². The highest BCUT2D eigenvalue weighted by Crippen LogP contribution is 2.61. The molecule has 3 unspecified atom stereocenters. The molecule has 3 heterocycles. The molecular formula is C30H31ClN6O11P2. The van der Waals surface area contributed by atoms with E-state index in [0.717, 1.165) is 10.9 Å². The highest BCUT2D eigenvalue weighted by Gasteiger charge is 2.47. The number of nitrogen functional groups attached to an aromatic ring is 1. The second-order valence-electron chi connectivity index (χ2n) is 11.1. The zero-order valence-electron chi connectivity index (χ0n) is 26.1.